The van der Waals surface area contributed by atoms with Crippen LogP contribution in [-0.4, -0.2) is 92.1 Å². The van der Waals surface area contributed by atoms with Gasteiger partial charge in [-0.2, -0.15) is 0 Å². The molecule has 0 aromatic heterocycles. The average molecular weight is 1220 g/mol. The number of carbonyl (C=O) groups excluding carboxylic acids is 4. The normalized spacial score (nSPS) is 12.3. The summed E-state index contributed by atoms with van der Waals surface area (Å²) >= 11 is 0. The first kappa shape index (κ1) is 76.3. The van der Waals surface area contributed by atoms with Gasteiger partial charge in [-0.3, -0.25) is 19.2 Å². The van der Waals surface area contributed by atoms with Gasteiger partial charge in [-0.15, -0.1) is 0 Å². The lowest BCUT2D eigenvalue weighted by molar-refractivity contribution is -0.146. The highest BCUT2D eigenvalue weighted by atomic mass is 16.6. The van der Waals surface area contributed by atoms with E-state index in [0.717, 1.165) is 75.8 Å². The van der Waals surface area contributed by atoms with Crippen LogP contribution in [-0.2, 0) is 106 Å². The summed E-state index contributed by atoms with van der Waals surface area (Å²) in [6.07, 6.45) is 6.97. The van der Waals surface area contributed by atoms with Gasteiger partial charge in [0.15, 0.2) is 0 Å². The molecule has 88 heavy (non-hydrogen) atoms. The second kappa shape index (κ2) is 33.8. The van der Waals surface area contributed by atoms with Gasteiger partial charge in [-0.05, 0) is 177 Å². The van der Waals surface area contributed by atoms with E-state index in [-0.39, 0.29) is 95.6 Å². The van der Waals surface area contributed by atoms with Crippen molar-refractivity contribution in [2.75, 3.05) is 52.9 Å². The van der Waals surface area contributed by atoms with Crippen molar-refractivity contribution in [2.24, 2.45) is 0 Å². The molecule has 492 valence electrons. The summed E-state index contributed by atoms with van der Waals surface area (Å²) < 4.78 is 32.4. The molecule has 0 radical (unpaired) electrons. The minimum Gasteiger partial charge on any atom is -0.507 e. The van der Waals surface area contributed by atoms with Crippen LogP contribution in [0.3, 0.4) is 0 Å². The molecule has 0 spiro atoms. The van der Waals surface area contributed by atoms with Crippen LogP contribution < -0.4 is 0 Å². The molecule has 4 aromatic carbocycles. The lowest BCUT2D eigenvalue weighted by Crippen LogP contribution is -2.20. The van der Waals surface area contributed by atoms with Crippen molar-refractivity contribution >= 4 is 23.9 Å². The topological polar surface area (TPSA) is 184 Å². The molecule has 0 aliphatic heterocycles. The molecule has 0 aliphatic carbocycles. The summed E-state index contributed by atoms with van der Waals surface area (Å²) in [4.78, 5) is 49.2. The molecule has 0 heterocycles. The van der Waals surface area contributed by atoms with E-state index in [1.807, 2.05) is 91.8 Å². The van der Waals surface area contributed by atoms with Gasteiger partial charge >= 0.3 is 23.9 Å². The Hall–Kier alpha value is -5.92. The third kappa shape index (κ3) is 26.3. The van der Waals surface area contributed by atoms with Crippen LogP contribution in [0.1, 0.15) is 248 Å². The molecule has 13 nitrogen and oxygen atoms in total. The van der Waals surface area contributed by atoms with Crippen molar-refractivity contribution in [3.05, 3.63) is 121 Å². The largest absolute Gasteiger partial charge is 0.507 e. The molecule has 0 saturated carbocycles. The van der Waals surface area contributed by atoms with Crippen molar-refractivity contribution in [2.45, 2.75) is 255 Å². The van der Waals surface area contributed by atoms with Crippen molar-refractivity contribution in [1.29, 1.82) is 0 Å². The number of ether oxygens (including phenoxy) is 6. The lowest BCUT2D eigenvalue weighted by Gasteiger charge is -2.30. The fraction of sp³-hybridized carbons (Fsp3) is 0.627. The Kier molecular flexibility index (Phi) is 29.3. The number of carbonyl (C=O) groups is 4. The highest BCUT2D eigenvalue weighted by Gasteiger charge is 2.28. The molecule has 4 rings (SSSR count). The number of rotatable bonds is 28. The van der Waals surface area contributed by atoms with Crippen molar-refractivity contribution in [3.8, 4) is 17.2 Å². The molecule has 13 heteroatoms. The van der Waals surface area contributed by atoms with E-state index in [1.165, 1.54) is 22.3 Å². The Morgan fingerprint density at radius 2 is 0.534 bits per heavy atom. The summed E-state index contributed by atoms with van der Waals surface area (Å²) in [6.45, 7) is 46.6. The number of aryl methyl sites for hydroxylation is 6. The van der Waals surface area contributed by atoms with Crippen LogP contribution in [0.2, 0.25) is 0 Å². The summed E-state index contributed by atoms with van der Waals surface area (Å²) in [5, 5.41) is 31.6. The summed E-state index contributed by atoms with van der Waals surface area (Å²) in [6, 6.07) is 16.3. The average Bonchev–Trinajstić information content (AvgIpc) is 1.89. The quantitative estimate of drug-likeness (QED) is 0.0278. The number of unbranched alkanes of at least 4 members (excludes halogenated alkanes) is 3. The number of hydrogen-bond acceptors (Lipinski definition) is 13. The smallest absolute Gasteiger partial charge is 0.306 e. The molecule has 0 aliphatic rings. The maximum absolute atomic E-state index is 12.5. The molecule has 0 saturated heterocycles. The number of esters is 4. The third-order valence-electron chi connectivity index (χ3n) is 15.6. The summed E-state index contributed by atoms with van der Waals surface area (Å²) in [7, 11) is 0. The van der Waals surface area contributed by atoms with E-state index in [4.69, 9.17) is 28.4 Å². The van der Waals surface area contributed by atoms with Gasteiger partial charge in [0.05, 0.1) is 39.6 Å². The number of phenols is 3. The second-order valence-corrected chi connectivity index (χ2v) is 30.0. The maximum Gasteiger partial charge on any atom is 0.306 e. The van der Waals surface area contributed by atoms with Gasteiger partial charge in [0.1, 0.15) is 30.5 Å². The van der Waals surface area contributed by atoms with Crippen LogP contribution in [0.5, 0.6) is 17.2 Å². The SMILES string of the molecule is Cc1c(C(C)(C)C)cc(CCC(=O)OCCCCCCOC(=O)CCc2cc(C(C)(C)C)c(O)c(C(C)(C)C)c2)cc1C(C)(C)C.Cc1cc(CCC(=O)OCCOCCOCCOC(=O)CCc2cc(C)c(O)c(C(C)(C)C)c2)cc(C(C)(C)C)c1O. The minimum absolute atomic E-state index is 0.0414. The highest BCUT2D eigenvalue weighted by Crippen LogP contribution is 2.41. The van der Waals surface area contributed by atoms with Crippen molar-refractivity contribution < 1.29 is 62.9 Å². The van der Waals surface area contributed by atoms with E-state index in [1.54, 1.807) is 0 Å². The van der Waals surface area contributed by atoms with Crippen molar-refractivity contribution in [1.82, 2.24) is 0 Å². The summed E-state index contributed by atoms with van der Waals surface area (Å²) in [5.41, 5.74) is 12.7. The van der Waals surface area contributed by atoms with Gasteiger partial charge in [-0.1, -0.05) is 173 Å². The van der Waals surface area contributed by atoms with E-state index in [9.17, 15) is 34.5 Å². The fourth-order valence-corrected chi connectivity index (χ4v) is 10.6. The molecule has 4 aromatic rings. The monoisotopic (exact) mass is 1220 g/mol. The predicted molar refractivity (Wildman–Crippen MR) is 354 cm³/mol. The number of phenolic OH excluding ortho intramolecular Hbond substituents is 3. The van der Waals surface area contributed by atoms with Crippen molar-refractivity contribution in [3.63, 3.8) is 0 Å². The van der Waals surface area contributed by atoms with E-state index < -0.39 is 0 Å². The first-order chi connectivity index (χ1) is 40.6. The second-order valence-electron chi connectivity index (χ2n) is 30.0. The Morgan fingerprint density at radius 1 is 0.307 bits per heavy atom. The zero-order valence-electron chi connectivity index (χ0n) is 58.2. The summed E-state index contributed by atoms with van der Waals surface area (Å²) in [5.74, 6) is 0.0272. The van der Waals surface area contributed by atoms with Crippen LogP contribution in [0.15, 0.2) is 48.5 Å². The van der Waals surface area contributed by atoms with Crippen LogP contribution in [0, 0.1) is 20.8 Å². The molecular formula is C75H114O13. The molecule has 0 bridgehead atoms. The minimum atomic E-state index is -0.296. The van der Waals surface area contributed by atoms with Gasteiger partial charge in [0, 0.05) is 25.7 Å². The van der Waals surface area contributed by atoms with E-state index in [0.29, 0.717) is 82.2 Å². The first-order valence-corrected chi connectivity index (χ1v) is 32.1. The van der Waals surface area contributed by atoms with Crippen LogP contribution in [0.4, 0.5) is 0 Å². The maximum atomic E-state index is 12.5. The predicted octanol–water partition coefficient (Wildman–Crippen LogP) is 16.1. The lowest BCUT2D eigenvalue weighted by atomic mass is 9.75. The van der Waals surface area contributed by atoms with Crippen LogP contribution in [0.25, 0.3) is 0 Å². The van der Waals surface area contributed by atoms with Gasteiger partial charge in [-0.25, -0.2) is 0 Å². The van der Waals surface area contributed by atoms with Gasteiger partial charge in [0.25, 0.3) is 0 Å². The molecule has 3 N–H and O–H groups in total. The molecule has 0 fully saturated rings. The number of aromatic hydroxyl groups is 3. The van der Waals surface area contributed by atoms with E-state index in [2.05, 4.69) is 102 Å². The molecule has 0 unspecified atom stereocenters. The molecule has 0 amide bonds. The number of benzene rings is 4. The Morgan fingerprint density at radius 3 is 0.807 bits per heavy atom. The third-order valence-corrected chi connectivity index (χ3v) is 15.6. The Bertz CT molecular complexity index is 2640. The molecule has 0 atom stereocenters. The van der Waals surface area contributed by atoms with Gasteiger partial charge < -0.3 is 43.7 Å². The van der Waals surface area contributed by atoms with E-state index >= 15 is 0 Å². The standard InChI is InChI=1S/C41H64O5.C34H50O8/c1-28-31(38(2,3)4)24-29(25-32(28)39(5,6)7)18-20-35(42)45-22-16-14-15-17-23-46-36(43)21-19-30-26-33(40(8,9)10)37(44)34(27-30)41(11,12)13;1-23-19-25(21-27(31(23)37)33(3,4)5)9-11-29(35)41-17-15-39-13-14-40-16-18-42-30(36)12-10-26-20-24(2)32(38)28(22-26)34(6,7)8/h24-27,44H,14-23H2,1-13H3;19-22,37-38H,9-18H2,1-8H3. The Balaban J connectivity index is 0.000000462. The Labute approximate surface area is 530 Å². The molecular weight excluding hydrogens is 1110 g/mol. The zero-order chi connectivity index (χ0) is 66.6. The number of hydrogen-bond donors (Lipinski definition) is 3. The first-order valence-electron chi connectivity index (χ1n) is 32.1. The zero-order valence-corrected chi connectivity index (χ0v) is 58.2. The fourth-order valence-electron chi connectivity index (χ4n) is 10.6. The van der Waals surface area contributed by atoms with Gasteiger partial charge in [0.2, 0.25) is 0 Å². The highest BCUT2D eigenvalue weighted by molar-refractivity contribution is 5.71. The van der Waals surface area contributed by atoms with Crippen LogP contribution >= 0.6 is 0 Å².